The van der Waals surface area contributed by atoms with E-state index in [4.69, 9.17) is 24.9 Å². The van der Waals surface area contributed by atoms with Gasteiger partial charge in [-0.3, -0.25) is 33.6 Å². The number of carbonyl (C=O) groups excluding carboxylic acids is 5. The molecule has 4 aromatic carbocycles. The topological polar surface area (TPSA) is 302 Å². The zero-order chi connectivity index (χ0) is 77.0. The second-order valence-electron chi connectivity index (χ2n) is 33.9. The number of hydrogen-bond acceptors (Lipinski definition) is 18. The molecule has 6 saturated carbocycles. The van der Waals surface area contributed by atoms with Gasteiger partial charge in [0, 0.05) is 101 Å². The quantitative estimate of drug-likeness (QED) is 0.0226. The fourth-order valence-electron chi connectivity index (χ4n) is 18.7. The van der Waals surface area contributed by atoms with E-state index in [9.17, 15) is 44.4 Å². The molecule has 6 aliphatic carbocycles. The van der Waals surface area contributed by atoms with Crippen molar-refractivity contribution in [3.05, 3.63) is 95.1 Å². The van der Waals surface area contributed by atoms with E-state index in [1.807, 2.05) is 81.6 Å². The lowest BCUT2D eigenvalue weighted by Crippen LogP contribution is -2.62. The van der Waals surface area contributed by atoms with E-state index < -0.39 is 48.3 Å². The fourth-order valence-corrected chi connectivity index (χ4v) is 18.7. The normalized spacial score (nSPS) is 27.5. The maximum absolute atomic E-state index is 14.3. The van der Waals surface area contributed by atoms with E-state index in [1.54, 1.807) is 62.5 Å². The number of nitrogens with one attached hydrogen (secondary N) is 5. The summed E-state index contributed by atoms with van der Waals surface area (Å²) in [6.45, 7) is 28.0. The van der Waals surface area contributed by atoms with E-state index in [-0.39, 0.29) is 98.3 Å². The summed E-state index contributed by atoms with van der Waals surface area (Å²) in [5.74, 6) is 2.25. The van der Waals surface area contributed by atoms with Crippen LogP contribution in [-0.2, 0) is 37.1 Å². The van der Waals surface area contributed by atoms with Gasteiger partial charge in [0.15, 0.2) is 0 Å². The van der Waals surface area contributed by atoms with Crippen molar-refractivity contribution in [2.75, 3.05) is 79.8 Å². The smallest absolute Gasteiger partial charge is 0.251 e. The molecule has 12 rings (SSSR count). The summed E-state index contributed by atoms with van der Waals surface area (Å²) in [7, 11) is 11.1. The van der Waals surface area contributed by atoms with Gasteiger partial charge in [0.2, 0.25) is 17.7 Å². The summed E-state index contributed by atoms with van der Waals surface area (Å²) in [4.78, 5) is 84.6. The number of aliphatic hydroxyl groups excluding tert-OH is 4. The third-order valence-electron chi connectivity index (χ3n) is 24.1. The van der Waals surface area contributed by atoms with Crippen LogP contribution in [0.25, 0.3) is 22.3 Å². The number of nitrogens with two attached hydrogens (primary N) is 1. The van der Waals surface area contributed by atoms with Crippen molar-refractivity contribution in [1.29, 1.82) is 0 Å². The Morgan fingerprint density at radius 2 is 1.00 bits per heavy atom. The van der Waals surface area contributed by atoms with E-state index in [0.717, 1.165) is 43.4 Å². The van der Waals surface area contributed by atoms with Gasteiger partial charge >= 0.3 is 0 Å². The number of benzene rings is 4. The van der Waals surface area contributed by atoms with Crippen LogP contribution in [0.3, 0.4) is 0 Å². The molecule has 588 valence electrons. The van der Waals surface area contributed by atoms with Crippen molar-refractivity contribution < 1.29 is 63.5 Å². The van der Waals surface area contributed by atoms with Crippen molar-refractivity contribution in [3.8, 4) is 33.8 Å². The molecule has 0 spiro atoms. The first kappa shape index (κ1) is 84.8. The molecular weight excluding hydrogens is 1340 g/mol. The molecule has 23 heteroatoms. The molecule has 0 unspecified atom stereocenters. The van der Waals surface area contributed by atoms with Gasteiger partial charge in [-0.25, -0.2) is 0 Å². The zero-order valence-electron chi connectivity index (χ0n) is 65.8. The second-order valence-corrected chi connectivity index (χ2v) is 33.9. The Kier molecular flexibility index (Phi) is 28.6. The highest BCUT2D eigenvalue weighted by Gasteiger charge is 2.59. The highest BCUT2D eigenvalue weighted by atomic mass is 16.7. The van der Waals surface area contributed by atoms with Crippen LogP contribution in [-0.4, -0.2) is 199 Å². The van der Waals surface area contributed by atoms with Gasteiger partial charge in [-0.1, -0.05) is 113 Å². The minimum absolute atomic E-state index is 0. The van der Waals surface area contributed by atoms with Crippen molar-refractivity contribution in [2.24, 2.45) is 70.0 Å². The molecule has 2 aliphatic heterocycles. The first-order valence-corrected chi connectivity index (χ1v) is 38.1. The lowest BCUT2D eigenvalue weighted by molar-refractivity contribution is -0.183. The standard InChI is InChI=1S/C42H63N5O7.C40H61N5O6.CH4/c1-23(2)14-32(21-46(8)9)44-40(51)29-15-28(16-31(17-29)43-26(5)50)33-13-11-12-27(39(33)53-10)20-47-38(37(25(4)49)36(22-48)54-47)41(52)45-35-19-30-18-34(24(35)3)42(30,6)7;1-22(2)13-30(20-44(7)8)42-38(48)27-14-26(15-29(41)16-27)31-12-10-11-25(37(31)50-9)19-45-36(35(24(4)47)34(21-46)51-45)39(49)43-33-18-28-17-32(23(33)3)40(28,5)6;/h11-13,15-17,23-25,30,32,34-38,48-49H,14,18-22H2,1-10H3,(H,43,50)(H,44,51)(H,45,52);10-12,14-16,22-24,28,30,32-36,46-47H,13,17-21,41H2,1-9H3,(H,42,48)(H,43,49);1H4/t24-,25-,30+,32-,34-,35-,36-,37+,38-;23-,24-,28+,30-,32-,33-,34-,35+,36-;/m00./s1. The number of nitrogens with zero attached hydrogens (tertiary/aromatic N) is 4. The van der Waals surface area contributed by atoms with Gasteiger partial charge in [-0.05, 0) is 186 Å². The number of nitrogen functional groups attached to an aromatic ring is 1. The number of methoxy groups -OCH3 is 2. The van der Waals surface area contributed by atoms with E-state index in [0.29, 0.717) is 110 Å². The highest BCUT2D eigenvalue weighted by Crippen LogP contribution is 2.62. The van der Waals surface area contributed by atoms with Crippen molar-refractivity contribution in [2.45, 2.75) is 210 Å². The molecule has 0 aromatic heterocycles. The summed E-state index contributed by atoms with van der Waals surface area (Å²) < 4.78 is 12.0. The van der Waals surface area contributed by atoms with Gasteiger partial charge in [0.05, 0.1) is 52.7 Å². The number of aliphatic hydroxyl groups is 4. The molecule has 0 radical (unpaired) electrons. The van der Waals surface area contributed by atoms with Crippen LogP contribution in [0, 0.1) is 70.0 Å². The Labute approximate surface area is 631 Å². The number of rotatable bonds is 29. The van der Waals surface area contributed by atoms with Crippen LogP contribution in [0.5, 0.6) is 11.5 Å². The number of ether oxygens (including phenoxy) is 2. The second kappa shape index (κ2) is 35.7. The van der Waals surface area contributed by atoms with Gasteiger partial charge < -0.3 is 72.0 Å². The average Bonchev–Trinajstić information content (AvgIpc) is 0.784. The molecule has 4 bridgehead atoms. The Morgan fingerprint density at radius 1 is 0.604 bits per heavy atom. The SMILES string of the molecule is C.COc1c(CN2O[C@@H](CO)[C@@H]([C@H](C)O)[C@H]2C(=O)N[C@H]2C[C@H]3C[C@@H]([C@@H]2C)C3(C)C)cccc1-c1cc(N)cc(C(=O)N[C@@H](CC(C)C)CN(C)C)c1.COc1c(CN2O[C@@H](CO)[C@@H]([C@H](C)O)[C@H]2C(=O)N[C@H]2C[C@H]3C[C@@H]([C@@H]2C)C3(C)C)cccc1-c1cc(NC(C)=O)cc(C(=O)N[C@@H](CC(C)C)CN(C)C)c1. The molecule has 8 fully saturated rings. The van der Waals surface area contributed by atoms with Crippen LogP contribution in [0.15, 0.2) is 72.8 Å². The summed E-state index contributed by atoms with van der Waals surface area (Å²) in [6.07, 6.45) is 2.51. The van der Waals surface area contributed by atoms with E-state index >= 15 is 0 Å². The average molecular weight is 1470 g/mol. The maximum Gasteiger partial charge on any atom is 0.251 e. The molecule has 11 N–H and O–H groups in total. The molecule has 4 aromatic rings. The third kappa shape index (κ3) is 19.1. The van der Waals surface area contributed by atoms with Crippen molar-refractivity contribution in [1.82, 2.24) is 41.2 Å². The van der Waals surface area contributed by atoms with Crippen LogP contribution >= 0.6 is 0 Å². The van der Waals surface area contributed by atoms with E-state index in [1.165, 1.54) is 19.8 Å². The number of hydroxylamine groups is 4. The first-order chi connectivity index (χ1) is 49.5. The zero-order valence-corrected chi connectivity index (χ0v) is 65.8. The van der Waals surface area contributed by atoms with Gasteiger partial charge in [-0.2, -0.15) is 10.1 Å². The number of para-hydroxylation sites is 2. The number of hydrogen-bond donors (Lipinski definition) is 10. The number of anilines is 2. The largest absolute Gasteiger partial charge is 0.496 e. The molecule has 23 nitrogen and oxygen atoms in total. The molecule has 2 saturated heterocycles. The fraction of sp³-hybridized carbons (Fsp3) is 0.651. The third-order valence-corrected chi connectivity index (χ3v) is 24.1. The maximum atomic E-state index is 14.3. The number of carbonyl (C=O) groups is 5. The van der Waals surface area contributed by atoms with Crippen molar-refractivity contribution >= 4 is 40.9 Å². The molecule has 106 heavy (non-hydrogen) atoms. The van der Waals surface area contributed by atoms with Crippen LogP contribution in [0.2, 0.25) is 0 Å². The van der Waals surface area contributed by atoms with Gasteiger partial charge in [0.1, 0.15) is 35.8 Å². The van der Waals surface area contributed by atoms with Crippen molar-refractivity contribution in [3.63, 3.8) is 0 Å². The monoisotopic (exact) mass is 1470 g/mol. The molecular formula is C83H128N10O13. The Morgan fingerprint density at radius 3 is 1.34 bits per heavy atom. The lowest BCUT2D eigenvalue weighted by Gasteiger charge is -2.62. The Hall–Kier alpha value is -6.77. The lowest BCUT2D eigenvalue weighted by atomic mass is 9.45. The van der Waals surface area contributed by atoms with Crippen LogP contribution in [0.1, 0.15) is 168 Å². The number of fused-ring (bicyclic) bond motifs is 4. The minimum Gasteiger partial charge on any atom is -0.496 e. The first-order valence-electron chi connectivity index (χ1n) is 38.1. The summed E-state index contributed by atoms with van der Waals surface area (Å²) in [5.41, 5.74) is 12.9. The highest BCUT2D eigenvalue weighted by molar-refractivity contribution is 5.99. The van der Waals surface area contributed by atoms with Crippen LogP contribution in [0.4, 0.5) is 11.4 Å². The number of amides is 5. The Balaban J connectivity index is 0.000000266. The number of likely N-dealkylation sites (N-methyl/N-ethyl adjacent to an activating group) is 2. The molecule has 8 aliphatic rings. The molecule has 18 atom stereocenters. The van der Waals surface area contributed by atoms with Gasteiger partial charge in [-0.15, -0.1) is 0 Å². The summed E-state index contributed by atoms with van der Waals surface area (Å²) in [5, 5.41) is 61.5. The molecule has 2 heterocycles. The summed E-state index contributed by atoms with van der Waals surface area (Å²) >= 11 is 0. The summed E-state index contributed by atoms with van der Waals surface area (Å²) in [6, 6.07) is 20.2. The van der Waals surface area contributed by atoms with Crippen LogP contribution < -0.4 is 41.8 Å². The molecule has 5 amide bonds. The minimum atomic E-state index is -0.925. The van der Waals surface area contributed by atoms with Gasteiger partial charge in [0.25, 0.3) is 11.8 Å². The van der Waals surface area contributed by atoms with E-state index in [2.05, 4.69) is 101 Å². The Bertz CT molecular complexity index is 3650. The predicted octanol–water partition coefficient (Wildman–Crippen LogP) is 9.63. The predicted molar refractivity (Wildman–Crippen MR) is 416 cm³/mol.